The van der Waals surface area contributed by atoms with Crippen molar-refractivity contribution < 1.29 is 14.3 Å². The van der Waals surface area contributed by atoms with Gasteiger partial charge in [-0.15, -0.1) is 0 Å². The number of hydrogen-bond donors (Lipinski definition) is 1. The number of ether oxygens (including phenoxy) is 1. The third kappa shape index (κ3) is 6.71. The van der Waals surface area contributed by atoms with Gasteiger partial charge in [-0.3, -0.25) is 14.5 Å². The molecule has 0 heterocycles. The topological polar surface area (TPSA) is 58.6 Å². The molecule has 1 amide bonds. The first kappa shape index (κ1) is 20.2. The second kappa shape index (κ2) is 10.1. The molecule has 1 N–H and O–H groups in total. The van der Waals surface area contributed by atoms with Crippen molar-refractivity contribution in [3.05, 3.63) is 29.8 Å². The third-order valence-electron chi connectivity index (χ3n) is 3.89. The molecule has 0 aliphatic heterocycles. The molecule has 0 aliphatic carbocycles. The van der Waals surface area contributed by atoms with E-state index in [1.165, 1.54) is 0 Å². The maximum absolute atomic E-state index is 11.9. The smallest absolute Gasteiger partial charge is 0.257 e. The summed E-state index contributed by atoms with van der Waals surface area (Å²) in [6.45, 7) is 11.8. The Balaban J connectivity index is 2.34. The number of ketones is 1. The van der Waals surface area contributed by atoms with Gasteiger partial charge in [0.1, 0.15) is 5.75 Å². The zero-order valence-corrected chi connectivity index (χ0v) is 15.5. The van der Waals surface area contributed by atoms with Crippen LogP contribution < -0.4 is 10.1 Å². The Labute approximate surface area is 145 Å². The standard InChI is InChI=1S/C19H30N2O3/c1-6-18(22)16-7-9-17(10-8-16)24-13-19(23)20-11-12-21(14(2)3)15(4)5/h7-10,14-15H,6,11-13H2,1-5H3,(H,20,23). The van der Waals surface area contributed by atoms with Crippen LogP contribution in [0.5, 0.6) is 5.75 Å². The summed E-state index contributed by atoms with van der Waals surface area (Å²) in [5.74, 6) is 0.541. The van der Waals surface area contributed by atoms with E-state index >= 15 is 0 Å². The van der Waals surface area contributed by atoms with E-state index < -0.39 is 0 Å². The maximum Gasteiger partial charge on any atom is 0.257 e. The molecule has 0 fully saturated rings. The van der Waals surface area contributed by atoms with Crippen LogP contribution in [0.15, 0.2) is 24.3 Å². The Morgan fingerprint density at radius 2 is 1.67 bits per heavy atom. The van der Waals surface area contributed by atoms with Crippen LogP contribution in [0.1, 0.15) is 51.4 Å². The average Bonchev–Trinajstić information content (AvgIpc) is 2.55. The van der Waals surface area contributed by atoms with Crippen molar-refractivity contribution in [2.24, 2.45) is 0 Å². The first-order chi connectivity index (χ1) is 11.3. The largest absolute Gasteiger partial charge is 0.484 e. The Morgan fingerprint density at radius 3 is 2.17 bits per heavy atom. The molecule has 0 bridgehead atoms. The molecular weight excluding hydrogens is 304 g/mol. The summed E-state index contributed by atoms with van der Waals surface area (Å²) in [6, 6.07) is 7.78. The highest BCUT2D eigenvalue weighted by atomic mass is 16.5. The van der Waals surface area contributed by atoms with Gasteiger partial charge in [0, 0.05) is 37.2 Å². The van der Waals surface area contributed by atoms with E-state index in [1.807, 2.05) is 6.92 Å². The maximum atomic E-state index is 11.9. The third-order valence-corrected chi connectivity index (χ3v) is 3.89. The van der Waals surface area contributed by atoms with Crippen LogP contribution in [0, 0.1) is 0 Å². The van der Waals surface area contributed by atoms with Gasteiger partial charge >= 0.3 is 0 Å². The zero-order chi connectivity index (χ0) is 18.1. The molecule has 1 aromatic carbocycles. The highest BCUT2D eigenvalue weighted by molar-refractivity contribution is 5.95. The Hall–Kier alpha value is -1.88. The summed E-state index contributed by atoms with van der Waals surface area (Å²) in [6.07, 6.45) is 0.479. The minimum atomic E-state index is -0.142. The molecule has 5 heteroatoms. The molecule has 0 saturated carbocycles. The number of carbonyl (C=O) groups excluding carboxylic acids is 2. The quantitative estimate of drug-likeness (QED) is 0.669. The number of rotatable bonds is 10. The number of nitrogens with zero attached hydrogens (tertiary/aromatic N) is 1. The molecule has 24 heavy (non-hydrogen) atoms. The highest BCUT2D eigenvalue weighted by Crippen LogP contribution is 2.13. The molecule has 0 unspecified atom stereocenters. The first-order valence-electron chi connectivity index (χ1n) is 8.63. The average molecular weight is 334 g/mol. The van der Waals surface area contributed by atoms with Crippen LogP contribution in [0.4, 0.5) is 0 Å². The summed E-state index contributed by atoms with van der Waals surface area (Å²) < 4.78 is 5.45. The second-order valence-electron chi connectivity index (χ2n) is 6.37. The lowest BCUT2D eigenvalue weighted by Crippen LogP contribution is -2.43. The SMILES string of the molecule is CCC(=O)c1ccc(OCC(=O)NCCN(C(C)C)C(C)C)cc1. The number of benzene rings is 1. The Kier molecular flexibility index (Phi) is 8.47. The molecule has 0 aliphatic rings. The lowest BCUT2D eigenvalue weighted by atomic mass is 10.1. The molecule has 1 aromatic rings. The van der Waals surface area contributed by atoms with Gasteiger partial charge in [0.25, 0.3) is 5.91 Å². The molecule has 0 radical (unpaired) electrons. The first-order valence-corrected chi connectivity index (χ1v) is 8.63. The van der Waals surface area contributed by atoms with Crippen molar-refractivity contribution in [1.29, 1.82) is 0 Å². The van der Waals surface area contributed by atoms with Gasteiger partial charge in [0.15, 0.2) is 12.4 Å². The van der Waals surface area contributed by atoms with Gasteiger partial charge in [0.05, 0.1) is 0 Å². The lowest BCUT2D eigenvalue weighted by molar-refractivity contribution is -0.123. The van der Waals surface area contributed by atoms with Crippen molar-refractivity contribution >= 4 is 11.7 Å². The Bertz CT molecular complexity index is 516. The zero-order valence-electron chi connectivity index (χ0n) is 15.5. The van der Waals surface area contributed by atoms with Gasteiger partial charge in [-0.05, 0) is 52.0 Å². The van der Waals surface area contributed by atoms with Gasteiger partial charge < -0.3 is 10.1 Å². The number of Topliss-reactive ketones (excluding diaryl/α,β-unsaturated/α-hetero) is 1. The van der Waals surface area contributed by atoms with Crippen molar-refractivity contribution in [3.8, 4) is 5.75 Å². The molecule has 1 rings (SSSR count). The van der Waals surface area contributed by atoms with Crippen molar-refractivity contribution in [1.82, 2.24) is 10.2 Å². The lowest BCUT2D eigenvalue weighted by Gasteiger charge is -2.30. The predicted octanol–water partition coefficient (Wildman–Crippen LogP) is 2.89. The van der Waals surface area contributed by atoms with E-state index in [0.717, 1.165) is 6.54 Å². The summed E-state index contributed by atoms with van der Waals surface area (Å²) >= 11 is 0. The minimum Gasteiger partial charge on any atom is -0.484 e. The van der Waals surface area contributed by atoms with Crippen LogP contribution in [-0.2, 0) is 4.79 Å². The predicted molar refractivity (Wildman–Crippen MR) is 96.5 cm³/mol. The number of nitrogens with one attached hydrogen (secondary N) is 1. The van der Waals surface area contributed by atoms with Crippen molar-refractivity contribution in [2.75, 3.05) is 19.7 Å². The summed E-state index contributed by atoms with van der Waals surface area (Å²) in [7, 11) is 0. The van der Waals surface area contributed by atoms with Gasteiger partial charge in [0.2, 0.25) is 0 Å². The van der Waals surface area contributed by atoms with Crippen LogP contribution >= 0.6 is 0 Å². The molecule has 134 valence electrons. The molecule has 0 spiro atoms. The van der Waals surface area contributed by atoms with E-state index in [2.05, 4.69) is 37.9 Å². The fourth-order valence-electron chi connectivity index (χ4n) is 2.58. The summed E-state index contributed by atoms with van der Waals surface area (Å²) in [5, 5.41) is 2.87. The monoisotopic (exact) mass is 334 g/mol. The normalized spacial score (nSPS) is 11.2. The van der Waals surface area contributed by atoms with E-state index in [0.29, 0.717) is 36.4 Å². The second-order valence-corrected chi connectivity index (χ2v) is 6.37. The van der Waals surface area contributed by atoms with Gasteiger partial charge in [-0.1, -0.05) is 6.92 Å². The van der Waals surface area contributed by atoms with Crippen LogP contribution in [0.2, 0.25) is 0 Å². The van der Waals surface area contributed by atoms with E-state index in [1.54, 1.807) is 24.3 Å². The van der Waals surface area contributed by atoms with Gasteiger partial charge in [-0.25, -0.2) is 0 Å². The van der Waals surface area contributed by atoms with Crippen LogP contribution in [-0.4, -0.2) is 48.4 Å². The van der Waals surface area contributed by atoms with Gasteiger partial charge in [-0.2, -0.15) is 0 Å². The number of carbonyl (C=O) groups is 2. The minimum absolute atomic E-state index is 0.0234. The number of hydrogen-bond acceptors (Lipinski definition) is 4. The highest BCUT2D eigenvalue weighted by Gasteiger charge is 2.13. The van der Waals surface area contributed by atoms with E-state index in [4.69, 9.17) is 4.74 Å². The Morgan fingerprint density at radius 1 is 1.08 bits per heavy atom. The van der Waals surface area contributed by atoms with Crippen molar-refractivity contribution in [3.63, 3.8) is 0 Å². The molecule has 5 nitrogen and oxygen atoms in total. The van der Waals surface area contributed by atoms with E-state index in [-0.39, 0.29) is 18.3 Å². The molecular formula is C19H30N2O3. The fraction of sp³-hybridized carbons (Fsp3) is 0.579. The van der Waals surface area contributed by atoms with E-state index in [9.17, 15) is 9.59 Å². The molecule has 0 atom stereocenters. The molecule has 0 saturated heterocycles. The summed E-state index contributed by atoms with van der Waals surface area (Å²) in [4.78, 5) is 25.7. The van der Waals surface area contributed by atoms with Crippen LogP contribution in [0.3, 0.4) is 0 Å². The van der Waals surface area contributed by atoms with Crippen molar-refractivity contribution in [2.45, 2.75) is 53.1 Å². The fourth-order valence-corrected chi connectivity index (χ4v) is 2.58. The summed E-state index contributed by atoms with van der Waals surface area (Å²) in [5.41, 5.74) is 0.664. The molecule has 0 aromatic heterocycles. The number of amides is 1. The van der Waals surface area contributed by atoms with Crippen LogP contribution in [0.25, 0.3) is 0 Å².